The molecule has 0 aliphatic rings. The molecule has 0 aliphatic carbocycles. The molecule has 0 aliphatic heterocycles. The van der Waals surface area contributed by atoms with Crippen LogP contribution in [0.5, 0.6) is 0 Å². The molecular weight excluding hydrogens is 297 g/mol. The third-order valence-electron chi connectivity index (χ3n) is 3.28. The number of carbonyl (C=O) groups excluding carboxylic acids is 1. The molecule has 1 aromatic heterocycles. The lowest BCUT2D eigenvalue weighted by Crippen LogP contribution is -2.23. The second-order valence-corrected chi connectivity index (χ2v) is 5.03. The molecule has 1 heterocycles. The van der Waals surface area contributed by atoms with Crippen molar-refractivity contribution in [3.05, 3.63) is 71.4 Å². The molecule has 5 nitrogen and oxygen atoms in total. The molecule has 0 bridgehead atoms. The summed E-state index contributed by atoms with van der Waals surface area (Å²) >= 11 is 0. The van der Waals surface area contributed by atoms with Gasteiger partial charge in [0.1, 0.15) is 5.82 Å². The predicted molar refractivity (Wildman–Crippen MR) is 82.0 cm³/mol. The van der Waals surface area contributed by atoms with Gasteiger partial charge in [-0.05, 0) is 31.2 Å². The average molecular weight is 311 g/mol. The molecule has 116 valence electrons. The summed E-state index contributed by atoms with van der Waals surface area (Å²) in [5, 5.41) is 10.4. The van der Waals surface area contributed by atoms with Gasteiger partial charge in [-0.1, -0.05) is 29.8 Å². The Morgan fingerprint density at radius 3 is 2.61 bits per heavy atom. The molecule has 6 heteroatoms. The van der Waals surface area contributed by atoms with Gasteiger partial charge in [0.25, 0.3) is 5.91 Å². The quantitative estimate of drug-likeness (QED) is 0.804. The Morgan fingerprint density at radius 1 is 1.13 bits per heavy atom. The Balaban J connectivity index is 1.67. The summed E-state index contributed by atoms with van der Waals surface area (Å²) in [7, 11) is 0. The summed E-state index contributed by atoms with van der Waals surface area (Å²) in [6, 6.07) is 13.4. The Bertz CT molecular complexity index is 828. The Kier molecular flexibility index (Phi) is 4.14. The minimum Gasteiger partial charge on any atom is -0.419 e. The van der Waals surface area contributed by atoms with E-state index in [-0.39, 0.29) is 18.0 Å². The van der Waals surface area contributed by atoms with Crippen LogP contribution in [0.1, 0.15) is 21.8 Å². The van der Waals surface area contributed by atoms with E-state index in [1.807, 2.05) is 31.2 Å². The van der Waals surface area contributed by atoms with E-state index >= 15 is 0 Å². The van der Waals surface area contributed by atoms with Gasteiger partial charge in [-0.25, -0.2) is 4.39 Å². The molecule has 3 rings (SSSR count). The number of rotatable bonds is 4. The van der Waals surface area contributed by atoms with E-state index in [0.717, 1.165) is 11.1 Å². The highest BCUT2D eigenvalue weighted by molar-refractivity contribution is 5.94. The van der Waals surface area contributed by atoms with Gasteiger partial charge < -0.3 is 9.73 Å². The molecule has 2 aromatic carbocycles. The SMILES string of the molecule is Cc1ccc(-c2nnc(CNC(=O)c3ccccc3F)o2)cc1. The number of benzene rings is 2. The highest BCUT2D eigenvalue weighted by atomic mass is 19.1. The van der Waals surface area contributed by atoms with Crippen LogP contribution in [0.25, 0.3) is 11.5 Å². The van der Waals surface area contributed by atoms with Crippen LogP contribution >= 0.6 is 0 Å². The Hall–Kier alpha value is -3.02. The molecule has 0 spiro atoms. The Labute approximate surface area is 132 Å². The van der Waals surface area contributed by atoms with Gasteiger partial charge >= 0.3 is 0 Å². The van der Waals surface area contributed by atoms with Crippen molar-refractivity contribution in [3.63, 3.8) is 0 Å². The van der Waals surface area contributed by atoms with Gasteiger partial charge in [0, 0.05) is 5.56 Å². The van der Waals surface area contributed by atoms with Gasteiger partial charge in [0.2, 0.25) is 11.8 Å². The molecule has 0 fully saturated rings. The van der Waals surface area contributed by atoms with Crippen LogP contribution in [0.2, 0.25) is 0 Å². The molecule has 0 saturated heterocycles. The van der Waals surface area contributed by atoms with Crippen molar-refractivity contribution in [1.82, 2.24) is 15.5 Å². The maximum absolute atomic E-state index is 13.5. The second-order valence-electron chi connectivity index (χ2n) is 5.03. The van der Waals surface area contributed by atoms with Crippen LogP contribution < -0.4 is 5.32 Å². The van der Waals surface area contributed by atoms with Crippen LogP contribution in [0, 0.1) is 12.7 Å². The summed E-state index contributed by atoms with van der Waals surface area (Å²) in [4.78, 5) is 11.9. The third kappa shape index (κ3) is 3.42. The van der Waals surface area contributed by atoms with Crippen LogP contribution in [-0.4, -0.2) is 16.1 Å². The van der Waals surface area contributed by atoms with Crippen molar-refractivity contribution >= 4 is 5.91 Å². The first-order valence-corrected chi connectivity index (χ1v) is 7.05. The van der Waals surface area contributed by atoms with Crippen LogP contribution in [0.4, 0.5) is 4.39 Å². The molecule has 0 atom stereocenters. The van der Waals surface area contributed by atoms with Crippen molar-refractivity contribution in [1.29, 1.82) is 0 Å². The smallest absolute Gasteiger partial charge is 0.254 e. The molecule has 0 radical (unpaired) electrons. The highest BCUT2D eigenvalue weighted by Gasteiger charge is 2.13. The highest BCUT2D eigenvalue weighted by Crippen LogP contribution is 2.18. The number of nitrogens with one attached hydrogen (secondary N) is 1. The lowest BCUT2D eigenvalue weighted by atomic mass is 10.1. The van der Waals surface area contributed by atoms with E-state index in [1.54, 1.807) is 6.07 Å². The van der Waals surface area contributed by atoms with Crippen molar-refractivity contribution in [2.75, 3.05) is 0 Å². The number of amides is 1. The van der Waals surface area contributed by atoms with Crippen LogP contribution in [0.3, 0.4) is 0 Å². The van der Waals surface area contributed by atoms with E-state index in [2.05, 4.69) is 15.5 Å². The number of aromatic nitrogens is 2. The lowest BCUT2D eigenvalue weighted by Gasteiger charge is -2.03. The predicted octanol–water partition coefficient (Wildman–Crippen LogP) is 3.11. The first-order valence-electron chi connectivity index (χ1n) is 7.05. The van der Waals surface area contributed by atoms with Gasteiger partial charge in [-0.2, -0.15) is 0 Å². The molecule has 23 heavy (non-hydrogen) atoms. The zero-order chi connectivity index (χ0) is 16.2. The fourth-order valence-corrected chi connectivity index (χ4v) is 2.03. The number of hydrogen-bond acceptors (Lipinski definition) is 4. The van der Waals surface area contributed by atoms with Crippen molar-refractivity contribution < 1.29 is 13.6 Å². The van der Waals surface area contributed by atoms with Gasteiger partial charge in [0.05, 0.1) is 12.1 Å². The normalized spacial score (nSPS) is 10.5. The summed E-state index contributed by atoms with van der Waals surface area (Å²) in [5.74, 6) is -0.473. The van der Waals surface area contributed by atoms with Crippen LogP contribution in [0.15, 0.2) is 52.9 Å². The number of halogens is 1. The second kappa shape index (κ2) is 6.39. The van der Waals surface area contributed by atoms with E-state index in [9.17, 15) is 9.18 Å². The molecule has 1 N–H and O–H groups in total. The molecule has 1 amide bonds. The number of nitrogens with zero attached hydrogens (tertiary/aromatic N) is 2. The lowest BCUT2D eigenvalue weighted by molar-refractivity contribution is 0.0943. The monoisotopic (exact) mass is 311 g/mol. The van der Waals surface area contributed by atoms with E-state index < -0.39 is 11.7 Å². The molecule has 0 saturated carbocycles. The summed E-state index contributed by atoms with van der Waals surface area (Å²) < 4.78 is 19.0. The minimum absolute atomic E-state index is 0.0224. The maximum atomic E-state index is 13.5. The molecule has 3 aromatic rings. The fourth-order valence-electron chi connectivity index (χ4n) is 2.03. The average Bonchev–Trinajstić information content (AvgIpc) is 3.03. The Morgan fingerprint density at radius 2 is 1.87 bits per heavy atom. The van der Waals surface area contributed by atoms with Gasteiger partial charge in [-0.3, -0.25) is 4.79 Å². The van der Waals surface area contributed by atoms with Gasteiger partial charge in [0.15, 0.2) is 0 Å². The van der Waals surface area contributed by atoms with Gasteiger partial charge in [-0.15, -0.1) is 10.2 Å². The standard InChI is InChI=1S/C17H14FN3O2/c1-11-6-8-12(9-7-11)17-21-20-15(23-17)10-19-16(22)13-4-2-3-5-14(13)18/h2-9H,10H2,1H3,(H,19,22). The van der Waals surface area contributed by atoms with E-state index in [4.69, 9.17) is 4.42 Å². The largest absolute Gasteiger partial charge is 0.419 e. The number of hydrogen-bond donors (Lipinski definition) is 1. The maximum Gasteiger partial charge on any atom is 0.254 e. The third-order valence-corrected chi connectivity index (χ3v) is 3.28. The topological polar surface area (TPSA) is 68.0 Å². The van der Waals surface area contributed by atoms with Crippen molar-refractivity contribution in [3.8, 4) is 11.5 Å². The number of carbonyl (C=O) groups is 1. The van der Waals surface area contributed by atoms with Crippen molar-refractivity contribution in [2.45, 2.75) is 13.5 Å². The fraction of sp³-hybridized carbons (Fsp3) is 0.118. The molecular formula is C17H14FN3O2. The summed E-state index contributed by atoms with van der Waals surface area (Å²) in [5.41, 5.74) is 1.91. The van der Waals surface area contributed by atoms with Crippen molar-refractivity contribution in [2.24, 2.45) is 0 Å². The minimum atomic E-state index is -0.573. The summed E-state index contributed by atoms with van der Waals surface area (Å²) in [6.07, 6.45) is 0. The summed E-state index contributed by atoms with van der Waals surface area (Å²) in [6.45, 7) is 2.02. The van der Waals surface area contributed by atoms with E-state index in [1.165, 1.54) is 18.2 Å². The van der Waals surface area contributed by atoms with Crippen LogP contribution in [-0.2, 0) is 6.54 Å². The zero-order valence-corrected chi connectivity index (χ0v) is 12.4. The van der Waals surface area contributed by atoms with E-state index in [0.29, 0.717) is 5.89 Å². The number of aryl methyl sites for hydroxylation is 1. The first-order chi connectivity index (χ1) is 11.1. The molecule has 0 unspecified atom stereocenters. The first kappa shape index (κ1) is 14.9. The zero-order valence-electron chi connectivity index (χ0n) is 12.4.